The molecule has 1 aliphatic heterocycles. The Balaban J connectivity index is 1.64. The van der Waals surface area contributed by atoms with E-state index in [0.29, 0.717) is 43.6 Å². The second kappa shape index (κ2) is 6.61. The lowest BCUT2D eigenvalue weighted by atomic mass is 9.58. The van der Waals surface area contributed by atoms with E-state index < -0.39 is 17.6 Å². The monoisotopic (exact) mass is 344 g/mol. The predicted molar refractivity (Wildman–Crippen MR) is 94.3 cm³/mol. The Labute approximate surface area is 147 Å². The average molecular weight is 344 g/mol. The van der Waals surface area contributed by atoms with E-state index in [-0.39, 0.29) is 11.8 Å². The summed E-state index contributed by atoms with van der Waals surface area (Å²) in [5.74, 6) is -0.277. The SMILES string of the molecule is C=CC(=O)N(C)c1ccc(C(=O)N2CCC3(CC2)C(O)CC3O)cc1. The molecule has 1 spiro atoms. The van der Waals surface area contributed by atoms with Gasteiger partial charge in [0.15, 0.2) is 0 Å². The van der Waals surface area contributed by atoms with Crippen molar-refractivity contribution in [2.24, 2.45) is 5.41 Å². The maximum Gasteiger partial charge on any atom is 0.253 e. The van der Waals surface area contributed by atoms with Gasteiger partial charge in [-0.25, -0.2) is 0 Å². The van der Waals surface area contributed by atoms with Crippen LogP contribution in [0.5, 0.6) is 0 Å². The zero-order chi connectivity index (χ0) is 18.2. The summed E-state index contributed by atoms with van der Waals surface area (Å²) in [6.45, 7) is 4.52. The van der Waals surface area contributed by atoms with Crippen LogP contribution in [0.2, 0.25) is 0 Å². The first-order valence-corrected chi connectivity index (χ1v) is 8.54. The molecule has 1 aromatic carbocycles. The summed E-state index contributed by atoms with van der Waals surface area (Å²) in [6.07, 6.45) is 2.00. The minimum absolute atomic E-state index is 0.0672. The van der Waals surface area contributed by atoms with E-state index in [4.69, 9.17) is 0 Å². The highest BCUT2D eigenvalue weighted by Gasteiger charge is 2.55. The van der Waals surface area contributed by atoms with Crippen molar-refractivity contribution in [3.63, 3.8) is 0 Å². The third-order valence-electron chi connectivity index (χ3n) is 5.76. The number of likely N-dealkylation sites (tertiary alicyclic amines) is 1. The van der Waals surface area contributed by atoms with E-state index in [9.17, 15) is 19.8 Å². The molecule has 0 bridgehead atoms. The van der Waals surface area contributed by atoms with Crippen molar-refractivity contribution in [2.45, 2.75) is 31.5 Å². The van der Waals surface area contributed by atoms with Crippen LogP contribution in [-0.2, 0) is 4.79 Å². The fourth-order valence-electron chi connectivity index (χ4n) is 3.81. The number of piperidine rings is 1. The van der Waals surface area contributed by atoms with Gasteiger partial charge in [-0.2, -0.15) is 0 Å². The molecule has 2 N–H and O–H groups in total. The fraction of sp³-hybridized carbons (Fsp3) is 0.474. The highest BCUT2D eigenvalue weighted by molar-refractivity contribution is 6.01. The molecule has 3 rings (SSSR count). The molecule has 6 heteroatoms. The van der Waals surface area contributed by atoms with Crippen LogP contribution in [0.15, 0.2) is 36.9 Å². The summed E-state index contributed by atoms with van der Waals surface area (Å²) in [6, 6.07) is 6.89. The van der Waals surface area contributed by atoms with Crippen molar-refractivity contribution in [3.8, 4) is 0 Å². The van der Waals surface area contributed by atoms with Crippen molar-refractivity contribution in [3.05, 3.63) is 42.5 Å². The minimum Gasteiger partial charge on any atom is -0.392 e. The van der Waals surface area contributed by atoms with Crippen LogP contribution >= 0.6 is 0 Å². The van der Waals surface area contributed by atoms with E-state index in [1.807, 2.05) is 0 Å². The number of benzene rings is 1. The van der Waals surface area contributed by atoms with Crippen LogP contribution < -0.4 is 4.90 Å². The first kappa shape index (κ1) is 17.6. The molecule has 2 fully saturated rings. The fourth-order valence-corrected chi connectivity index (χ4v) is 3.81. The van der Waals surface area contributed by atoms with Gasteiger partial charge in [0.05, 0.1) is 12.2 Å². The molecule has 0 aromatic heterocycles. The molecular weight excluding hydrogens is 320 g/mol. The number of aliphatic hydroxyl groups is 2. The number of likely N-dealkylation sites (N-methyl/N-ethyl adjacent to an activating group) is 1. The second-order valence-corrected chi connectivity index (χ2v) is 6.94. The number of carbonyl (C=O) groups is 2. The summed E-state index contributed by atoms with van der Waals surface area (Å²) in [4.78, 5) is 27.5. The van der Waals surface area contributed by atoms with Gasteiger partial charge in [0.1, 0.15) is 0 Å². The van der Waals surface area contributed by atoms with E-state index in [1.54, 1.807) is 36.2 Å². The Bertz CT molecular complexity index is 667. The second-order valence-electron chi connectivity index (χ2n) is 6.94. The van der Waals surface area contributed by atoms with Crippen molar-refractivity contribution in [2.75, 3.05) is 25.0 Å². The zero-order valence-corrected chi connectivity index (χ0v) is 14.4. The standard InChI is InChI=1S/C19H24N2O4/c1-3-17(24)20(2)14-6-4-13(5-7-14)18(25)21-10-8-19(9-11-21)15(22)12-16(19)23/h3-7,15-16,22-23H,1,8-12H2,2H3. The highest BCUT2D eigenvalue weighted by atomic mass is 16.3. The number of hydrogen-bond acceptors (Lipinski definition) is 4. The number of rotatable bonds is 3. The van der Waals surface area contributed by atoms with E-state index >= 15 is 0 Å². The third kappa shape index (κ3) is 2.96. The molecule has 6 nitrogen and oxygen atoms in total. The maximum absolute atomic E-state index is 12.7. The molecule has 2 unspecified atom stereocenters. The Morgan fingerprint density at radius 1 is 1.20 bits per heavy atom. The molecule has 1 saturated carbocycles. The third-order valence-corrected chi connectivity index (χ3v) is 5.76. The van der Waals surface area contributed by atoms with Gasteiger partial charge in [-0.1, -0.05) is 6.58 Å². The predicted octanol–water partition coefficient (Wildman–Crippen LogP) is 1.18. The maximum atomic E-state index is 12.7. The van der Waals surface area contributed by atoms with Crippen molar-refractivity contribution in [1.29, 1.82) is 0 Å². The van der Waals surface area contributed by atoms with Gasteiger partial charge in [0.25, 0.3) is 5.91 Å². The van der Waals surface area contributed by atoms with Gasteiger partial charge >= 0.3 is 0 Å². The van der Waals surface area contributed by atoms with E-state index in [1.165, 1.54) is 11.0 Å². The number of amides is 2. The van der Waals surface area contributed by atoms with Gasteiger partial charge in [-0.15, -0.1) is 0 Å². The summed E-state index contributed by atoms with van der Waals surface area (Å²) < 4.78 is 0. The van der Waals surface area contributed by atoms with E-state index in [0.717, 1.165) is 0 Å². The molecule has 1 aromatic rings. The van der Waals surface area contributed by atoms with Crippen LogP contribution in [0.25, 0.3) is 0 Å². The Morgan fingerprint density at radius 2 is 1.76 bits per heavy atom. The molecule has 134 valence electrons. The summed E-state index contributed by atoms with van der Waals surface area (Å²) >= 11 is 0. The lowest BCUT2D eigenvalue weighted by Gasteiger charge is -2.55. The molecule has 25 heavy (non-hydrogen) atoms. The molecular formula is C19H24N2O4. The van der Waals surface area contributed by atoms with Gasteiger partial charge in [0.2, 0.25) is 5.91 Å². The number of carbonyl (C=O) groups excluding carboxylic acids is 2. The lowest BCUT2D eigenvalue weighted by molar-refractivity contribution is -0.187. The zero-order valence-electron chi connectivity index (χ0n) is 14.4. The van der Waals surface area contributed by atoms with Crippen LogP contribution in [-0.4, -0.2) is 59.3 Å². The van der Waals surface area contributed by atoms with Crippen LogP contribution in [0.3, 0.4) is 0 Å². The topological polar surface area (TPSA) is 81.1 Å². The van der Waals surface area contributed by atoms with Gasteiger partial charge in [-0.05, 0) is 43.2 Å². The number of aliphatic hydroxyl groups excluding tert-OH is 2. The first-order valence-electron chi connectivity index (χ1n) is 8.54. The normalized spacial score (nSPS) is 24.5. The smallest absolute Gasteiger partial charge is 0.253 e. The summed E-state index contributed by atoms with van der Waals surface area (Å²) in [5, 5.41) is 20.0. The number of nitrogens with zero attached hydrogens (tertiary/aromatic N) is 2. The summed E-state index contributed by atoms with van der Waals surface area (Å²) in [7, 11) is 1.65. The molecule has 2 aliphatic rings. The van der Waals surface area contributed by atoms with Crippen molar-refractivity contribution >= 4 is 17.5 Å². The Hall–Kier alpha value is -2.18. The molecule has 2 amide bonds. The Kier molecular flexibility index (Phi) is 4.67. The van der Waals surface area contributed by atoms with Crippen molar-refractivity contribution in [1.82, 2.24) is 4.90 Å². The number of hydrogen-bond donors (Lipinski definition) is 2. The average Bonchev–Trinajstić information content (AvgIpc) is 2.66. The van der Waals surface area contributed by atoms with Gasteiger partial charge in [0, 0.05) is 43.2 Å². The Morgan fingerprint density at radius 3 is 2.24 bits per heavy atom. The van der Waals surface area contributed by atoms with Crippen LogP contribution in [0.1, 0.15) is 29.6 Å². The van der Waals surface area contributed by atoms with E-state index in [2.05, 4.69) is 6.58 Å². The minimum atomic E-state index is -0.461. The number of anilines is 1. The summed E-state index contributed by atoms with van der Waals surface area (Å²) in [5.41, 5.74) is 0.836. The van der Waals surface area contributed by atoms with Crippen LogP contribution in [0.4, 0.5) is 5.69 Å². The largest absolute Gasteiger partial charge is 0.392 e. The van der Waals surface area contributed by atoms with Crippen molar-refractivity contribution < 1.29 is 19.8 Å². The lowest BCUT2D eigenvalue weighted by Crippen LogP contribution is -2.61. The molecule has 0 radical (unpaired) electrons. The molecule has 1 saturated heterocycles. The molecule has 2 atom stereocenters. The van der Waals surface area contributed by atoms with Gasteiger partial charge in [-0.3, -0.25) is 9.59 Å². The quantitative estimate of drug-likeness (QED) is 0.807. The molecule has 1 heterocycles. The van der Waals surface area contributed by atoms with Gasteiger partial charge < -0.3 is 20.0 Å². The molecule has 1 aliphatic carbocycles. The first-order chi connectivity index (χ1) is 11.9. The van der Waals surface area contributed by atoms with Crippen LogP contribution in [0, 0.1) is 5.41 Å². The highest BCUT2D eigenvalue weighted by Crippen LogP contribution is 2.49.